The molecule has 4 rings (SSSR count). The van der Waals surface area contributed by atoms with Crippen LogP contribution in [0, 0.1) is 13.8 Å². The molecule has 5 heteroatoms. The van der Waals surface area contributed by atoms with Crippen molar-refractivity contribution in [3.63, 3.8) is 0 Å². The number of phenols is 1. The first kappa shape index (κ1) is 19.7. The fraction of sp³-hybridized carbons (Fsp3) is 0.375. The number of phenolic OH excluding ortho intramolecular Hbond substituents is 1. The third-order valence-corrected chi connectivity index (χ3v) is 5.90. The molecule has 1 aliphatic rings. The average molecular weight is 394 g/mol. The summed E-state index contributed by atoms with van der Waals surface area (Å²) in [5.41, 5.74) is 4.28. The van der Waals surface area contributed by atoms with E-state index in [4.69, 9.17) is 9.15 Å². The van der Waals surface area contributed by atoms with Crippen LogP contribution in [0.5, 0.6) is 5.75 Å². The Labute approximate surface area is 170 Å². The minimum Gasteiger partial charge on any atom is -0.507 e. The van der Waals surface area contributed by atoms with E-state index in [1.165, 1.54) is 0 Å². The molecule has 5 nitrogen and oxygen atoms in total. The Hall–Kier alpha value is -2.63. The van der Waals surface area contributed by atoms with Crippen molar-refractivity contribution in [3.05, 3.63) is 74.6 Å². The zero-order valence-corrected chi connectivity index (χ0v) is 17.0. The number of hydrogen-bond acceptors (Lipinski definition) is 4. The smallest absolute Gasteiger partial charge is 0.340 e. The van der Waals surface area contributed by atoms with Gasteiger partial charge in [0.25, 0.3) is 0 Å². The molecule has 0 bridgehead atoms. The lowest BCUT2D eigenvalue weighted by molar-refractivity contribution is -0.676. The molecule has 0 radical (unpaired) electrons. The Morgan fingerprint density at radius 2 is 1.97 bits per heavy atom. The lowest BCUT2D eigenvalue weighted by atomic mass is 9.96. The van der Waals surface area contributed by atoms with Crippen molar-refractivity contribution >= 4 is 11.0 Å². The molecule has 0 saturated carbocycles. The molecule has 1 aliphatic heterocycles. The second-order valence-electron chi connectivity index (χ2n) is 7.90. The van der Waals surface area contributed by atoms with Crippen molar-refractivity contribution in [1.29, 1.82) is 0 Å². The molecule has 152 valence electrons. The van der Waals surface area contributed by atoms with Crippen LogP contribution in [0.2, 0.25) is 0 Å². The van der Waals surface area contributed by atoms with Crippen LogP contribution in [0.25, 0.3) is 11.0 Å². The van der Waals surface area contributed by atoms with Gasteiger partial charge in [0.2, 0.25) is 0 Å². The van der Waals surface area contributed by atoms with Crippen molar-refractivity contribution in [2.45, 2.75) is 45.8 Å². The van der Waals surface area contributed by atoms with E-state index >= 15 is 0 Å². The Morgan fingerprint density at radius 3 is 2.69 bits per heavy atom. The highest BCUT2D eigenvalue weighted by Gasteiger charge is 2.20. The van der Waals surface area contributed by atoms with Crippen LogP contribution in [0.4, 0.5) is 0 Å². The highest BCUT2D eigenvalue weighted by atomic mass is 16.5. The Morgan fingerprint density at radius 1 is 1.17 bits per heavy atom. The van der Waals surface area contributed by atoms with E-state index in [1.807, 2.05) is 43.3 Å². The Kier molecular flexibility index (Phi) is 5.69. The van der Waals surface area contributed by atoms with Crippen LogP contribution in [0.1, 0.15) is 40.7 Å². The first-order valence-electron chi connectivity index (χ1n) is 10.3. The number of benzene rings is 2. The van der Waals surface area contributed by atoms with Crippen molar-refractivity contribution < 1.29 is 19.6 Å². The maximum Gasteiger partial charge on any atom is 0.340 e. The summed E-state index contributed by atoms with van der Waals surface area (Å²) >= 11 is 0. The second-order valence-corrected chi connectivity index (χ2v) is 7.90. The number of nitrogens with two attached hydrogens (primary N) is 1. The van der Waals surface area contributed by atoms with Crippen LogP contribution < -0.4 is 10.9 Å². The fourth-order valence-electron chi connectivity index (χ4n) is 4.15. The summed E-state index contributed by atoms with van der Waals surface area (Å²) in [6.07, 6.45) is 3.06. The molecule has 2 heterocycles. The molecule has 1 saturated heterocycles. The second kappa shape index (κ2) is 8.39. The molecular formula is C24H28NO4+. The average Bonchev–Trinajstić information content (AvgIpc) is 3.24. The van der Waals surface area contributed by atoms with E-state index in [0.29, 0.717) is 35.8 Å². The van der Waals surface area contributed by atoms with Gasteiger partial charge in [-0.3, -0.25) is 0 Å². The molecule has 0 aliphatic carbocycles. The van der Waals surface area contributed by atoms with Gasteiger partial charge in [-0.1, -0.05) is 30.3 Å². The summed E-state index contributed by atoms with van der Waals surface area (Å²) in [6, 6.07) is 11.9. The van der Waals surface area contributed by atoms with Crippen LogP contribution in [-0.4, -0.2) is 24.4 Å². The fourth-order valence-corrected chi connectivity index (χ4v) is 4.15. The van der Waals surface area contributed by atoms with Crippen LogP contribution in [-0.2, 0) is 17.7 Å². The number of aromatic hydroxyl groups is 1. The predicted octanol–water partition coefficient (Wildman–Crippen LogP) is 2.95. The number of ether oxygens (including phenoxy) is 1. The van der Waals surface area contributed by atoms with Crippen molar-refractivity contribution in [2.75, 3.05) is 13.2 Å². The summed E-state index contributed by atoms with van der Waals surface area (Å²) in [5.74, 6) is 0.208. The normalized spacial score (nSPS) is 16.6. The maximum atomic E-state index is 12.7. The van der Waals surface area contributed by atoms with Gasteiger partial charge in [-0.15, -0.1) is 0 Å². The summed E-state index contributed by atoms with van der Waals surface area (Å²) in [5, 5.41) is 13.7. The van der Waals surface area contributed by atoms with E-state index < -0.39 is 0 Å². The molecule has 2 aromatic carbocycles. The van der Waals surface area contributed by atoms with E-state index in [1.54, 1.807) is 6.92 Å². The van der Waals surface area contributed by atoms with Crippen molar-refractivity contribution in [3.8, 4) is 5.75 Å². The number of aryl methyl sites for hydroxylation is 2. The molecule has 0 unspecified atom stereocenters. The topological polar surface area (TPSA) is 76.3 Å². The molecule has 0 spiro atoms. The minimum absolute atomic E-state index is 0.208. The first-order valence-corrected chi connectivity index (χ1v) is 10.3. The van der Waals surface area contributed by atoms with E-state index in [0.717, 1.165) is 48.1 Å². The van der Waals surface area contributed by atoms with Gasteiger partial charge in [0.15, 0.2) is 0 Å². The van der Waals surface area contributed by atoms with Crippen LogP contribution >= 0.6 is 0 Å². The first-order chi connectivity index (χ1) is 14.0. The van der Waals surface area contributed by atoms with E-state index in [2.05, 4.69) is 5.32 Å². The Bertz CT molecular complexity index is 1070. The van der Waals surface area contributed by atoms with Crippen LogP contribution in [0.3, 0.4) is 0 Å². The zero-order valence-electron chi connectivity index (χ0n) is 17.0. The molecule has 1 fully saturated rings. The van der Waals surface area contributed by atoms with Gasteiger partial charge in [-0.2, -0.15) is 0 Å². The van der Waals surface area contributed by atoms with Crippen molar-refractivity contribution in [1.82, 2.24) is 0 Å². The van der Waals surface area contributed by atoms with E-state index in [-0.39, 0.29) is 11.4 Å². The number of quaternary nitrogens is 1. The highest BCUT2D eigenvalue weighted by Crippen LogP contribution is 2.32. The number of hydrogen-bond donors (Lipinski definition) is 2. The predicted molar refractivity (Wildman–Crippen MR) is 112 cm³/mol. The minimum atomic E-state index is -0.334. The van der Waals surface area contributed by atoms with Gasteiger partial charge in [0, 0.05) is 35.1 Å². The van der Waals surface area contributed by atoms with Gasteiger partial charge in [0.1, 0.15) is 30.5 Å². The highest BCUT2D eigenvalue weighted by molar-refractivity contribution is 5.86. The van der Waals surface area contributed by atoms with E-state index in [9.17, 15) is 9.90 Å². The quantitative estimate of drug-likeness (QED) is 0.630. The van der Waals surface area contributed by atoms with Gasteiger partial charge in [-0.05, 0) is 43.9 Å². The molecule has 3 aromatic rings. The zero-order chi connectivity index (χ0) is 20.4. The van der Waals surface area contributed by atoms with Crippen LogP contribution in [0.15, 0.2) is 45.6 Å². The summed E-state index contributed by atoms with van der Waals surface area (Å²) in [6.45, 7) is 6.17. The SMILES string of the molecule is Cc1c(Cc2ccccc2)c(=O)oc2c(C)c(O)c(C[NH2+]C[C@@H]3CCCO3)cc12. The lowest BCUT2D eigenvalue weighted by Gasteiger charge is -2.14. The molecular weight excluding hydrogens is 366 g/mol. The summed E-state index contributed by atoms with van der Waals surface area (Å²) in [4.78, 5) is 12.7. The van der Waals surface area contributed by atoms with Gasteiger partial charge in [0.05, 0.1) is 0 Å². The van der Waals surface area contributed by atoms with Gasteiger partial charge in [-0.25, -0.2) is 4.79 Å². The largest absolute Gasteiger partial charge is 0.507 e. The molecule has 1 aromatic heterocycles. The molecule has 0 amide bonds. The summed E-state index contributed by atoms with van der Waals surface area (Å²) in [7, 11) is 0. The number of fused-ring (bicyclic) bond motifs is 1. The van der Waals surface area contributed by atoms with Gasteiger partial charge >= 0.3 is 5.63 Å². The Balaban J connectivity index is 1.67. The van der Waals surface area contributed by atoms with Gasteiger partial charge < -0.3 is 19.6 Å². The molecule has 29 heavy (non-hydrogen) atoms. The molecule has 3 N–H and O–H groups in total. The summed E-state index contributed by atoms with van der Waals surface area (Å²) < 4.78 is 11.3. The third-order valence-electron chi connectivity index (χ3n) is 5.90. The molecule has 1 atom stereocenters. The lowest BCUT2D eigenvalue weighted by Crippen LogP contribution is -2.84. The standard InChI is InChI=1S/C24H27NO4/c1-15-20-12-18(13-25-14-19-9-6-10-28-19)22(26)16(2)23(20)29-24(27)21(15)11-17-7-4-3-5-8-17/h3-5,7-8,12,19,25-26H,6,9-11,13-14H2,1-2H3/p+1/t19-/m0/s1. The van der Waals surface area contributed by atoms with Crippen molar-refractivity contribution in [2.24, 2.45) is 0 Å². The maximum absolute atomic E-state index is 12.7. The number of rotatable bonds is 6. The third kappa shape index (κ3) is 4.07. The monoisotopic (exact) mass is 394 g/mol.